The van der Waals surface area contributed by atoms with Crippen LogP contribution < -0.4 is 0 Å². The van der Waals surface area contributed by atoms with Gasteiger partial charge in [-0.2, -0.15) is 0 Å². The monoisotopic (exact) mass is 158 g/mol. The third-order valence-electron chi connectivity index (χ3n) is 1.97. The third-order valence-corrected chi connectivity index (χ3v) is 1.97. The highest BCUT2D eigenvalue weighted by Crippen LogP contribution is 2.11. The van der Waals surface area contributed by atoms with E-state index >= 15 is 0 Å². The summed E-state index contributed by atoms with van der Waals surface area (Å²) in [6.07, 6.45) is 1.38. The van der Waals surface area contributed by atoms with E-state index in [1.54, 1.807) is 0 Å². The minimum absolute atomic E-state index is 0.0482. The molecule has 0 amide bonds. The summed E-state index contributed by atoms with van der Waals surface area (Å²) in [5, 5.41) is 18.2. The molecule has 0 heterocycles. The van der Waals surface area contributed by atoms with Crippen LogP contribution in [0.2, 0.25) is 0 Å². The first-order chi connectivity index (χ1) is 5.13. The standard InChI is InChI=1S/C9H18O2/c1-4-5-9(11)8(3)7(2)6-10/h9-11H,4-6H2,1-3H3. The SMILES string of the molecule is CCCC(O)C(C)=C(C)CO. The van der Waals surface area contributed by atoms with Crippen LogP contribution in [0, 0.1) is 0 Å². The number of hydrogen-bond donors (Lipinski definition) is 2. The fraction of sp³-hybridized carbons (Fsp3) is 0.778. The van der Waals surface area contributed by atoms with E-state index in [0.717, 1.165) is 24.0 Å². The van der Waals surface area contributed by atoms with Crippen molar-refractivity contribution in [3.05, 3.63) is 11.1 Å². The minimum Gasteiger partial charge on any atom is -0.392 e. The van der Waals surface area contributed by atoms with Crippen molar-refractivity contribution in [3.8, 4) is 0 Å². The molecule has 0 saturated heterocycles. The van der Waals surface area contributed by atoms with Crippen LogP contribution in [0.15, 0.2) is 11.1 Å². The summed E-state index contributed by atoms with van der Waals surface area (Å²) in [6, 6.07) is 0. The molecule has 0 radical (unpaired) electrons. The maximum atomic E-state index is 9.45. The van der Waals surface area contributed by atoms with Crippen LogP contribution in [-0.4, -0.2) is 22.9 Å². The summed E-state index contributed by atoms with van der Waals surface area (Å²) in [5.41, 5.74) is 1.79. The van der Waals surface area contributed by atoms with Gasteiger partial charge in [0.15, 0.2) is 0 Å². The Morgan fingerprint density at radius 3 is 2.27 bits per heavy atom. The van der Waals surface area contributed by atoms with Gasteiger partial charge >= 0.3 is 0 Å². The predicted molar refractivity (Wildman–Crippen MR) is 46.4 cm³/mol. The molecule has 0 aromatic heterocycles. The lowest BCUT2D eigenvalue weighted by atomic mass is 10.0. The quantitative estimate of drug-likeness (QED) is 0.608. The van der Waals surface area contributed by atoms with E-state index in [0.29, 0.717) is 0 Å². The Bertz CT molecular complexity index is 138. The largest absolute Gasteiger partial charge is 0.392 e. The second-order valence-corrected chi connectivity index (χ2v) is 2.93. The Morgan fingerprint density at radius 2 is 1.91 bits per heavy atom. The Morgan fingerprint density at radius 1 is 1.36 bits per heavy atom. The Balaban J connectivity index is 4.09. The molecule has 1 atom stereocenters. The third kappa shape index (κ3) is 3.54. The van der Waals surface area contributed by atoms with Crippen molar-refractivity contribution in [3.63, 3.8) is 0 Å². The van der Waals surface area contributed by atoms with Crippen molar-refractivity contribution in [2.75, 3.05) is 6.61 Å². The molecule has 0 rings (SSSR count). The lowest BCUT2D eigenvalue weighted by Crippen LogP contribution is -2.10. The lowest BCUT2D eigenvalue weighted by molar-refractivity contribution is 0.196. The molecule has 2 nitrogen and oxygen atoms in total. The molecule has 0 fully saturated rings. The average Bonchev–Trinajstić information content (AvgIpc) is 2.02. The first-order valence-electron chi connectivity index (χ1n) is 4.08. The summed E-state index contributed by atoms with van der Waals surface area (Å²) in [6.45, 7) is 5.79. The maximum Gasteiger partial charge on any atom is 0.0750 e. The van der Waals surface area contributed by atoms with Crippen molar-refractivity contribution in [1.29, 1.82) is 0 Å². The summed E-state index contributed by atoms with van der Waals surface area (Å²) >= 11 is 0. The summed E-state index contributed by atoms with van der Waals surface area (Å²) in [4.78, 5) is 0. The van der Waals surface area contributed by atoms with Gasteiger partial charge in [-0.05, 0) is 31.4 Å². The molecule has 0 aromatic carbocycles. The van der Waals surface area contributed by atoms with E-state index in [9.17, 15) is 5.11 Å². The van der Waals surface area contributed by atoms with E-state index in [1.807, 2.05) is 20.8 Å². The van der Waals surface area contributed by atoms with Gasteiger partial charge in [-0.3, -0.25) is 0 Å². The van der Waals surface area contributed by atoms with Gasteiger partial charge in [0.1, 0.15) is 0 Å². The molecule has 0 bridgehead atoms. The Hall–Kier alpha value is -0.340. The molecule has 66 valence electrons. The van der Waals surface area contributed by atoms with Gasteiger partial charge in [0, 0.05) is 0 Å². The number of hydrogen-bond acceptors (Lipinski definition) is 2. The van der Waals surface area contributed by atoms with Crippen LogP contribution in [0.25, 0.3) is 0 Å². The Kier molecular flexibility index (Phi) is 5.16. The van der Waals surface area contributed by atoms with Gasteiger partial charge < -0.3 is 10.2 Å². The number of rotatable bonds is 4. The predicted octanol–water partition coefficient (Wildman–Crippen LogP) is 1.48. The normalized spacial score (nSPS) is 16.1. The average molecular weight is 158 g/mol. The van der Waals surface area contributed by atoms with Gasteiger partial charge in [-0.1, -0.05) is 13.3 Å². The summed E-state index contributed by atoms with van der Waals surface area (Å²) in [5.74, 6) is 0. The van der Waals surface area contributed by atoms with Crippen LogP contribution >= 0.6 is 0 Å². The molecule has 0 spiro atoms. The molecular weight excluding hydrogens is 140 g/mol. The van der Waals surface area contributed by atoms with Crippen molar-refractivity contribution in [2.45, 2.75) is 39.7 Å². The van der Waals surface area contributed by atoms with Crippen molar-refractivity contribution < 1.29 is 10.2 Å². The van der Waals surface area contributed by atoms with Crippen LogP contribution in [0.5, 0.6) is 0 Å². The molecule has 0 aliphatic rings. The van der Waals surface area contributed by atoms with Crippen LogP contribution in [-0.2, 0) is 0 Å². The van der Waals surface area contributed by atoms with E-state index in [2.05, 4.69) is 0 Å². The Labute approximate surface area is 68.6 Å². The van der Waals surface area contributed by atoms with Crippen LogP contribution in [0.3, 0.4) is 0 Å². The van der Waals surface area contributed by atoms with E-state index in [4.69, 9.17) is 5.11 Å². The second kappa shape index (κ2) is 5.33. The molecule has 0 saturated carbocycles. The topological polar surface area (TPSA) is 40.5 Å². The second-order valence-electron chi connectivity index (χ2n) is 2.93. The zero-order valence-corrected chi connectivity index (χ0v) is 7.59. The molecule has 0 aliphatic carbocycles. The van der Waals surface area contributed by atoms with Crippen LogP contribution in [0.4, 0.5) is 0 Å². The first-order valence-corrected chi connectivity index (χ1v) is 4.08. The molecule has 2 heteroatoms. The highest BCUT2D eigenvalue weighted by Gasteiger charge is 2.06. The smallest absolute Gasteiger partial charge is 0.0750 e. The van der Waals surface area contributed by atoms with Crippen molar-refractivity contribution in [2.24, 2.45) is 0 Å². The zero-order chi connectivity index (χ0) is 8.85. The van der Waals surface area contributed by atoms with Gasteiger partial charge in [0.2, 0.25) is 0 Å². The van der Waals surface area contributed by atoms with Gasteiger partial charge in [-0.25, -0.2) is 0 Å². The highest BCUT2D eigenvalue weighted by atomic mass is 16.3. The number of aliphatic hydroxyl groups excluding tert-OH is 2. The van der Waals surface area contributed by atoms with E-state index < -0.39 is 0 Å². The highest BCUT2D eigenvalue weighted by molar-refractivity contribution is 5.13. The molecule has 1 unspecified atom stereocenters. The summed E-state index contributed by atoms with van der Waals surface area (Å²) in [7, 11) is 0. The fourth-order valence-electron chi connectivity index (χ4n) is 0.899. The molecule has 0 aliphatic heterocycles. The fourth-order valence-corrected chi connectivity index (χ4v) is 0.899. The van der Waals surface area contributed by atoms with Gasteiger partial charge in [-0.15, -0.1) is 0 Å². The molecule has 11 heavy (non-hydrogen) atoms. The van der Waals surface area contributed by atoms with E-state index in [-0.39, 0.29) is 12.7 Å². The first kappa shape index (κ1) is 10.7. The van der Waals surface area contributed by atoms with Crippen molar-refractivity contribution >= 4 is 0 Å². The molecule has 0 aromatic rings. The lowest BCUT2D eigenvalue weighted by Gasteiger charge is -2.12. The van der Waals surface area contributed by atoms with Crippen molar-refractivity contribution in [1.82, 2.24) is 0 Å². The van der Waals surface area contributed by atoms with Gasteiger partial charge in [0.25, 0.3) is 0 Å². The number of aliphatic hydroxyl groups is 2. The molecular formula is C9H18O2. The maximum absolute atomic E-state index is 9.45. The van der Waals surface area contributed by atoms with E-state index in [1.165, 1.54) is 0 Å². The summed E-state index contributed by atoms with van der Waals surface area (Å²) < 4.78 is 0. The minimum atomic E-state index is -0.368. The van der Waals surface area contributed by atoms with Gasteiger partial charge in [0.05, 0.1) is 12.7 Å². The zero-order valence-electron chi connectivity index (χ0n) is 7.59. The molecule has 2 N–H and O–H groups in total. The van der Waals surface area contributed by atoms with Crippen LogP contribution in [0.1, 0.15) is 33.6 Å².